The lowest BCUT2D eigenvalue weighted by molar-refractivity contribution is -0.897. The number of carbonyl (C=O) groups is 1. The molecule has 7 nitrogen and oxygen atoms in total. The van der Waals surface area contributed by atoms with Gasteiger partial charge >= 0.3 is 0 Å². The molecule has 0 bridgehead atoms. The molecule has 1 fully saturated rings. The Hall–Kier alpha value is -1.64. The molecule has 1 saturated heterocycles. The molecule has 26 heavy (non-hydrogen) atoms. The van der Waals surface area contributed by atoms with E-state index in [9.17, 15) is 13.2 Å². The van der Waals surface area contributed by atoms with Crippen molar-refractivity contribution in [2.45, 2.75) is 24.7 Å². The van der Waals surface area contributed by atoms with E-state index in [1.54, 1.807) is 12.1 Å². The number of amides is 1. The highest BCUT2D eigenvalue weighted by molar-refractivity contribution is 7.89. The van der Waals surface area contributed by atoms with Gasteiger partial charge in [-0.3, -0.25) is 4.79 Å². The Morgan fingerprint density at radius 3 is 2.35 bits per heavy atom. The number of carbonyl (C=O) groups excluding carboxylic acids is 1. The molecule has 1 aromatic rings. The number of rotatable bonds is 6. The molecule has 146 valence electrons. The minimum atomic E-state index is -3.55. The van der Waals surface area contributed by atoms with E-state index in [-0.39, 0.29) is 10.8 Å². The van der Waals surface area contributed by atoms with Crippen LogP contribution in [0.25, 0.3) is 0 Å². The van der Waals surface area contributed by atoms with Crippen molar-refractivity contribution in [3.8, 4) is 0 Å². The molecule has 1 aliphatic heterocycles. The highest BCUT2D eigenvalue weighted by Crippen LogP contribution is 2.28. The summed E-state index contributed by atoms with van der Waals surface area (Å²) in [4.78, 5) is 15.8. The second kappa shape index (κ2) is 8.37. The molecule has 1 aromatic carbocycles. The van der Waals surface area contributed by atoms with Crippen molar-refractivity contribution in [2.75, 3.05) is 58.0 Å². The molecule has 0 aliphatic carbocycles. The average Bonchev–Trinajstić information content (AvgIpc) is 2.56. The summed E-state index contributed by atoms with van der Waals surface area (Å²) in [5.41, 5.74) is 1.30. The van der Waals surface area contributed by atoms with Gasteiger partial charge in [-0.15, -0.1) is 0 Å². The van der Waals surface area contributed by atoms with Gasteiger partial charge in [-0.2, -0.15) is 0 Å². The number of quaternary nitrogens is 1. The molecule has 0 spiro atoms. The normalized spacial score (nSPS) is 20.8. The first-order valence-electron chi connectivity index (χ1n) is 8.98. The molecule has 2 rings (SSSR count). The lowest BCUT2D eigenvalue weighted by Crippen LogP contribution is -3.14. The predicted molar refractivity (Wildman–Crippen MR) is 104 cm³/mol. The first-order valence-corrected chi connectivity index (χ1v) is 10.4. The third-order valence-corrected chi connectivity index (χ3v) is 6.71. The van der Waals surface area contributed by atoms with E-state index in [4.69, 9.17) is 0 Å². The topological polar surface area (TPSA) is 74.2 Å². The molecule has 0 unspecified atom stereocenters. The van der Waals surface area contributed by atoms with E-state index in [1.165, 1.54) is 29.4 Å². The van der Waals surface area contributed by atoms with Crippen LogP contribution in [-0.4, -0.2) is 66.5 Å². The van der Waals surface area contributed by atoms with E-state index in [1.807, 2.05) is 19.0 Å². The van der Waals surface area contributed by atoms with Crippen molar-refractivity contribution in [2.24, 2.45) is 5.92 Å². The van der Waals surface area contributed by atoms with Gasteiger partial charge in [0.05, 0.1) is 29.4 Å². The first-order chi connectivity index (χ1) is 12.1. The van der Waals surface area contributed by atoms with Gasteiger partial charge in [0.25, 0.3) is 5.91 Å². The Kier molecular flexibility index (Phi) is 6.65. The summed E-state index contributed by atoms with van der Waals surface area (Å²) in [7, 11) is 3.16. The van der Waals surface area contributed by atoms with Crippen LogP contribution >= 0.6 is 0 Å². The number of likely N-dealkylation sites (tertiary alicyclic amines) is 1. The third-order valence-electron chi connectivity index (χ3n) is 4.89. The summed E-state index contributed by atoms with van der Waals surface area (Å²) in [5, 5.41) is 2.92. The van der Waals surface area contributed by atoms with Crippen molar-refractivity contribution < 1.29 is 18.1 Å². The third kappa shape index (κ3) is 4.96. The monoisotopic (exact) mass is 383 g/mol. The van der Waals surface area contributed by atoms with Gasteiger partial charge < -0.3 is 15.1 Å². The minimum Gasteiger partial charge on any atom is -0.376 e. The fourth-order valence-electron chi connectivity index (χ4n) is 3.15. The number of piperidine rings is 1. The summed E-state index contributed by atoms with van der Waals surface area (Å²) in [6, 6.07) is 4.83. The lowest BCUT2D eigenvalue weighted by Gasteiger charge is -2.27. The maximum atomic E-state index is 12.5. The summed E-state index contributed by atoms with van der Waals surface area (Å²) in [5.74, 6) is 0.645. The highest BCUT2D eigenvalue weighted by atomic mass is 32.2. The van der Waals surface area contributed by atoms with Crippen LogP contribution in [0, 0.1) is 5.92 Å². The fourth-order valence-corrected chi connectivity index (χ4v) is 4.07. The van der Waals surface area contributed by atoms with Gasteiger partial charge in [-0.05, 0) is 37.0 Å². The van der Waals surface area contributed by atoms with Gasteiger partial charge in [0.1, 0.15) is 0 Å². The fraction of sp³-hybridized carbons (Fsp3) is 0.611. The smallest absolute Gasteiger partial charge is 0.279 e. The van der Waals surface area contributed by atoms with Crippen LogP contribution in [0.3, 0.4) is 0 Å². The van der Waals surface area contributed by atoms with Gasteiger partial charge in [-0.25, -0.2) is 12.7 Å². The lowest BCUT2D eigenvalue weighted by atomic mass is 9.99. The number of nitrogens with one attached hydrogen (secondary N) is 2. The average molecular weight is 384 g/mol. The van der Waals surface area contributed by atoms with E-state index in [2.05, 4.69) is 12.2 Å². The van der Waals surface area contributed by atoms with Crippen LogP contribution in [0.1, 0.15) is 19.8 Å². The van der Waals surface area contributed by atoms with Crippen LogP contribution in [0.15, 0.2) is 23.1 Å². The summed E-state index contributed by atoms with van der Waals surface area (Å²) in [6.45, 7) is 4.66. The van der Waals surface area contributed by atoms with Crippen LogP contribution in [0.2, 0.25) is 0 Å². The first kappa shape index (κ1) is 20.7. The minimum absolute atomic E-state index is 0.0861. The highest BCUT2D eigenvalue weighted by Gasteiger charge is 2.23. The zero-order valence-corrected chi connectivity index (χ0v) is 17.2. The number of nitrogens with zero attached hydrogens (tertiary/aromatic N) is 2. The zero-order chi connectivity index (χ0) is 19.5. The van der Waals surface area contributed by atoms with Crippen molar-refractivity contribution in [3.63, 3.8) is 0 Å². The summed E-state index contributed by atoms with van der Waals surface area (Å²) < 4.78 is 26.0. The molecular weight excluding hydrogens is 352 g/mol. The van der Waals surface area contributed by atoms with Crippen molar-refractivity contribution >= 4 is 27.3 Å². The predicted octanol–water partition coefficient (Wildman–Crippen LogP) is 0.256. The Labute approximate surface area is 157 Å². The van der Waals surface area contributed by atoms with Crippen LogP contribution < -0.4 is 15.1 Å². The second-order valence-corrected chi connectivity index (χ2v) is 9.67. The molecular formula is C18H31N4O3S+. The number of anilines is 2. The standard InChI is InChI=1S/C18H30N4O3S/c1-14-8-10-22(11-9-14)13-18(23)19-16-12-15(26(24,25)21(4)5)6-7-17(16)20(2)3/h6-7,12,14H,8-11,13H2,1-5H3,(H,19,23)/p+1. The van der Waals surface area contributed by atoms with E-state index < -0.39 is 10.0 Å². The van der Waals surface area contributed by atoms with E-state index in [0.717, 1.165) is 37.5 Å². The van der Waals surface area contributed by atoms with Gasteiger partial charge in [0.15, 0.2) is 6.54 Å². The molecule has 2 N–H and O–H groups in total. The largest absolute Gasteiger partial charge is 0.376 e. The molecule has 1 aliphatic rings. The van der Waals surface area contributed by atoms with Crippen molar-refractivity contribution in [1.82, 2.24) is 4.31 Å². The van der Waals surface area contributed by atoms with Crippen LogP contribution in [-0.2, 0) is 14.8 Å². The van der Waals surface area contributed by atoms with Gasteiger partial charge in [0.2, 0.25) is 10.0 Å². The van der Waals surface area contributed by atoms with Crippen LogP contribution in [0.5, 0.6) is 0 Å². The Bertz CT molecular complexity index is 739. The number of sulfonamides is 1. The maximum absolute atomic E-state index is 12.5. The van der Waals surface area contributed by atoms with Gasteiger partial charge in [-0.1, -0.05) is 6.92 Å². The van der Waals surface area contributed by atoms with E-state index in [0.29, 0.717) is 12.2 Å². The number of benzene rings is 1. The molecule has 0 atom stereocenters. The quantitative estimate of drug-likeness (QED) is 0.739. The Morgan fingerprint density at radius 1 is 1.19 bits per heavy atom. The Morgan fingerprint density at radius 2 is 1.81 bits per heavy atom. The molecule has 1 heterocycles. The van der Waals surface area contributed by atoms with Crippen molar-refractivity contribution in [1.29, 1.82) is 0 Å². The molecule has 1 amide bonds. The summed E-state index contributed by atoms with van der Waals surface area (Å²) in [6.07, 6.45) is 2.28. The molecule has 8 heteroatoms. The molecule has 0 aromatic heterocycles. The second-order valence-electron chi connectivity index (χ2n) is 7.52. The maximum Gasteiger partial charge on any atom is 0.279 e. The molecule has 0 saturated carbocycles. The zero-order valence-electron chi connectivity index (χ0n) is 16.4. The Balaban J connectivity index is 2.19. The number of hydrogen-bond donors (Lipinski definition) is 2. The van der Waals surface area contributed by atoms with Gasteiger partial charge in [0, 0.05) is 28.2 Å². The van der Waals surface area contributed by atoms with E-state index >= 15 is 0 Å². The summed E-state index contributed by atoms with van der Waals surface area (Å²) >= 11 is 0. The number of hydrogen-bond acceptors (Lipinski definition) is 4. The SMILES string of the molecule is CC1CC[NH+](CC(=O)Nc2cc(S(=O)(=O)N(C)C)ccc2N(C)C)CC1. The van der Waals surface area contributed by atoms with Crippen LogP contribution in [0.4, 0.5) is 11.4 Å². The molecule has 0 radical (unpaired) electrons. The van der Waals surface area contributed by atoms with Crippen molar-refractivity contribution in [3.05, 3.63) is 18.2 Å².